The number of carbonyl (C=O) groups is 1. The number of hydrogen-bond donors (Lipinski definition) is 1. The maximum Gasteiger partial charge on any atom is 0.243 e. The van der Waals surface area contributed by atoms with Crippen LogP contribution in [0.25, 0.3) is 0 Å². The van der Waals surface area contributed by atoms with Crippen LogP contribution in [-0.2, 0) is 4.79 Å². The van der Waals surface area contributed by atoms with Gasteiger partial charge in [0, 0.05) is 34.2 Å². The standard InChI is InChI=1S/C17H34N4O/c1-5-6-12-21(4)17(19-14-16(22)20(2)3)18-13-15-10-8-7-9-11-15/h15H,5-14H2,1-4H3,(H,18,19). The number of hydrogen-bond acceptors (Lipinski definition) is 2. The molecule has 0 aliphatic heterocycles. The molecule has 0 spiro atoms. The number of amides is 1. The highest BCUT2D eigenvalue weighted by atomic mass is 16.2. The van der Waals surface area contributed by atoms with E-state index < -0.39 is 0 Å². The van der Waals surface area contributed by atoms with Crippen LogP contribution in [-0.4, -0.2) is 62.4 Å². The first kappa shape index (κ1) is 18.8. The minimum absolute atomic E-state index is 0.0425. The van der Waals surface area contributed by atoms with Gasteiger partial charge in [0.25, 0.3) is 0 Å². The Morgan fingerprint density at radius 2 is 1.86 bits per heavy atom. The highest BCUT2D eigenvalue weighted by Crippen LogP contribution is 2.22. The molecule has 1 saturated carbocycles. The van der Waals surface area contributed by atoms with Crippen LogP contribution in [0.5, 0.6) is 0 Å². The predicted octanol–water partition coefficient (Wildman–Crippen LogP) is 2.33. The van der Waals surface area contributed by atoms with Crippen LogP contribution in [0.15, 0.2) is 4.99 Å². The number of guanidine groups is 1. The van der Waals surface area contributed by atoms with E-state index in [4.69, 9.17) is 0 Å². The molecule has 0 saturated heterocycles. The topological polar surface area (TPSA) is 47.9 Å². The molecule has 1 N–H and O–H groups in total. The Morgan fingerprint density at radius 1 is 1.18 bits per heavy atom. The Morgan fingerprint density at radius 3 is 2.45 bits per heavy atom. The molecule has 22 heavy (non-hydrogen) atoms. The van der Waals surface area contributed by atoms with Crippen LogP contribution >= 0.6 is 0 Å². The zero-order valence-electron chi connectivity index (χ0n) is 14.9. The summed E-state index contributed by atoms with van der Waals surface area (Å²) < 4.78 is 0. The zero-order chi connectivity index (χ0) is 16.4. The van der Waals surface area contributed by atoms with Crippen LogP contribution in [0.3, 0.4) is 0 Å². The third-order valence-corrected chi connectivity index (χ3v) is 4.35. The zero-order valence-corrected chi connectivity index (χ0v) is 14.9. The van der Waals surface area contributed by atoms with Crippen LogP contribution < -0.4 is 5.32 Å². The normalized spacial score (nSPS) is 16.5. The molecule has 5 heteroatoms. The summed E-state index contributed by atoms with van der Waals surface area (Å²) in [5.74, 6) is 1.66. The summed E-state index contributed by atoms with van der Waals surface area (Å²) in [7, 11) is 5.60. The number of carbonyl (C=O) groups excluding carboxylic acids is 1. The van der Waals surface area contributed by atoms with Gasteiger partial charge in [-0.15, -0.1) is 0 Å². The molecule has 0 aromatic heterocycles. The Balaban J connectivity index is 2.55. The van der Waals surface area contributed by atoms with E-state index in [-0.39, 0.29) is 12.5 Å². The Kier molecular flexibility index (Phi) is 8.94. The summed E-state index contributed by atoms with van der Waals surface area (Å²) in [6.45, 7) is 4.36. The smallest absolute Gasteiger partial charge is 0.243 e. The highest BCUT2D eigenvalue weighted by molar-refractivity contribution is 5.84. The van der Waals surface area contributed by atoms with E-state index in [0.29, 0.717) is 0 Å². The molecule has 0 radical (unpaired) electrons. The number of likely N-dealkylation sites (N-methyl/N-ethyl adjacent to an activating group) is 1. The maximum atomic E-state index is 11.8. The van der Waals surface area contributed by atoms with Crippen molar-refractivity contribution in [3.8, 4) is 0 Å². The van der Waals surface area contributed by atoms with E-state index >= 15 is 0 Å². The maximum absolute atomic E-state index is 11.8. The van der Waals surface area contributed by atoms with Gasteiger partial charge in [0.05, 0.1) is 0 Å². The summed E-state index contributed by atoms with van der Waals surface area (Å²) in [4.78, 5) is 20.0. The predicted molar refractivity (Wildman–Crippen MR) is 93.1 cm³/mol. The van der Waals surface area contributed by atoms with Crippen molar-refractivity contribution < 1.29 is 4.79 Å². The van der Waals surface area contributed by atoms with Crippen molar-refractivity contribution in [3.63, 3.8) is 0 Å². The number of aliphatic imine (C=N–C) groups is 1. The second-order valence-corrected chi connectivity index (χ2v) is 6.59. The lowest BCUT2D eigenvalue weighted by Gasteiger charge is -2.26. The van der Waals surface area contributed by atoms with E-state index in [1.807, 2.05) is 0 Å². The lowest BCUT2D eigenvalue weighted by atomic mass is 9.89. The lowest BCUT2D eigenvalue weighted by Crippen LogP contribution is -2.42. The van der Waals surface area contributed by atoms with E-state index in [0.717, 1.165) is 37.8 Å². The van der Waals surface area contributed by atoms with Gasteiger partial charge in [0.1, 0.15) is 6.54 Å². The monoisotopic (exact) mass is 310 g/mol. The van der Waals surface area contributed by atoms with Gasteiger partial charge < -0.3 is 15.1 Å². The van der Waals surface area contributed by atoms with Crippen molar-refractivity contribution in [1.82, 2.24) is 15.1 Å². The molecule has 0 unspecified atom stereocenters. The molecule has 0 aromatic carbocycles. The first-order valence-electron chi connectivity index (χ1n) is 8.74. The quantitative estimate of drug-likeness (QED) is 0.580. The second-order valence-electron chi connectivity index (χ2n) is 6.59. The van der Waals surface area contributed by atoms with E-state index in [1.54, 1.807) is 19.0 Å². The first-order valence-corrected chi connectivity index (χ1v) is 8.74. The van der Waals surface area contributed by atoms with Crippen molar-refractivity contribution in [2.75, 3.05) is 40.8 Å². The number of nitrogens with one attached hydrogen (secondary N) is 1. The van der Waals surface area contributed by atoms with Crippen LogP contribution in [0, 0.1) is 5.92 Å². The minimum Gasteiger partial charge on any atom is -0.356 e. The largest absolute Gasteiger partial charge is 0.356 e. The Bertz CT molecular complexity index is 349. The van der Waals surface area contributed by atoms with Gasteiger partial charge in [-0.05, 0) is 25.2 Å². The summed E-state index contributed by atoms with van der Waals surface area (Å²) >= 11 is 0. The third kappa shape index (κ3) is 7.14. The molecule has 5 nitrogen and oxygen atoms in total. The third-order valence-electron chi connectivity index (χ3n) is 4.35. The van der Waals surface area contributed by atoms with Crippen molar-refractivity contribution in [2.24, 2.45) is 10.9 Å². The number of nitrogens with zero attached hydrogens (tertiary/aromatic N) is 3. The average molecular weight is 310 g/mol. The molecule has 1 rings (SSSR count). The minimum atomic E-state index is 0.0425. The van der Waals surface area contributed by atoms with Gasteiger partial charge >= 0.3 is 0 Å². The number of unbranched alkanes of at least 4 members (excludes halogenated alkanes) is 1. The van der Waals surface area contributed by atoms with E-state index in [9.17, 15) is 4.79 Å². The Labute approximate surface area is 136 Å². The second kappa shape index (κ2) is 10.5. The van der Waals surface area contributed by atoms with E-state index in [1.165, 1.54) is 32.1 Å². The van der Waals surface area contributed by atoms with Crippen LogP contribution in [0.1, 0.15) is 51.9 Å². The van der Waals surface area contributed by atoms with Crippen molar-refractivity contribution in [2.45, 2.75) is 51.9 Å². The molecule has 1 amide bonds. The molecule has 1 fully saturated rings. The van der Waals surface area contributed by atoms with E-state index in [2.05, 4.69) is 29.2 Å². The molecule has 0 bridgehead atoms. The van der Waals surface area contributed by atoms with Crippen molar-refractivity contribution >= 4 is 11.9 Å². The molecule has 0 atom stereocenters. The van der Waals surface area contributed by atoms with Gasteiger partial charge in [0.2, 0.25) is 5.91 Å². The van der Waals surface area contributed by atoms with Crippen LogP contribution in [0.2, 0.25) is 0 Å². The SMILES string of the molecule is CCCCN(C)C(=NCC(=O)N(C)C)NCC1CCCCC1. The fourth-order valence-corrected chi connectivity index (χ4v) is 2.72. The summed E-state index contributed by atoms with van der Waals surface area (Å²) in [6.07, 6.45) is 9.02. The molecular formula is C17H34N4O. The molecular weight excluding hydrogens is 276 g/mol. The van der Waals surface area contributed by atoms with Gasteiger partial charge in [-0.25, -0.2) is 4.99 Å². The molecule has 128 valence electrons. The van der Waals surface area contributed by atoms with Crippen LogP contribution in [0.4, 0.5) is 0 Å². The summed E-state index contributed by atoms with van der Waals surface area (Å²) in [5, 5.41) is 3.50. The molecule has 0 aromatic rings. The fraction of sp³-hybridized carbons (Fsp3) is 0.882. The van der Waals surface area contributed by atoms with Gasteiger partial charge in [-0.2, -0.15) is 0 Å². The molecule has 1 aliphatic rings. The van der Waals surface area contributed by atoms with Crippen molar-refractivity contribution in [3.05, 3.63) is 0 Å². The lowest BCUT2D eigenvalue weighted by molar-refractivity contribution is -0.127. The number of rotatable bonds is 7. The summed E-state index contributed by atoms with van der Waals surface area (Å²) in [6, 6.07) is 0. The van der Waals surface area contributed by atoms with Gasteiger partial charge in [-0.1, -0.05) is 32.6 Å². The average Bonchev–Trinajstić information content (AvgIpc) is 2.53. The van der Waals surface area contributed by atoms with Gasteiger partial charge in [0.15, 0.2) is 5.96 Å². The molecule has 0 heterocycles. The highest BCUT2D eigenvalue weighted by Gasteiger charge is 2.15. The van der Waals surface area contributed by atoms with Gasteiger partial charge in [-0.3, -0.25) is 4.79 Å². The van der Waals surface area contributed by atoms with Crippen molar-refractivity contribution in [1.29, 1.82) is 0 Å². The Hall–Kier alpha value is -1.26. The summed E-state index contributed by atoms with van der Waals surface area (Å²) in [5.41, 5.74) is 0. The fourth-order valence-electron chi connectivity index (χ4n) is 2.72. The first-order chi connectivity index (χ1) is 10.5. The molecule has 1 aliphatic carbocycles.